The molecule has 26 heavy (non-hydrogen) atoms. The molecule has 0 aliphatic carbocycles. The molecule has 5 nitrogen and oxygen atoms in total. The third-order valence-electron chi connectivity index (χ3n) is 4.61. The minimum absolute atomic E-state index is 0.0636. The van der Waals surface area contributed by atoms with E-state index in [1.165, 1.54) is 6.07 Å². The molecule has 138 valence electrons. The van der Waals surface area contributed by atoms with Crippen molar-refractivity contribution in [1.29, 1.82) is 0 Å². The fraction of sp³-hybridized carbons (Fsp3) is 0.350. The molecule has 2 aromatic rings. The van der Waals surface area contributed by atoms with Gasteiger partial charge in [0.2, 0.25) is 0 Å². The van der Waals surface area contributed by atoms with E-state index in [0.717, 1.165) is 24.4 Å². The van der Waals surface area contributed by atoms with Crippen LogP contribution in [-0.2, 0) is 13.1 Å². The summed E-state index contributed by atoms with van der Waals surface area (Å²) < 4.78 is 18.9. The van der Waals surface area contributed by atoms with Crippen LogP contribution in [0.1, 0.15) is 11.1 Å². The van der Waals surface area contributed by atoms with E-state index in [1.807, 2.05) is 36.4 Å². The second-order valence-corrected chi connectivity index (χ2v) is 6.36. The highest BCUT2D eigenvalue weighted by molar-refractivity contribution is 5.74. The zero-order chi connectivity index (χ0) is 18.4. The normalized spacial score (nSPS) is 14.9. The van der Waals surface area contributed by atoms with Crippen LogP contribution in [0.25, 0.3) is 0 Å². The minimum atomic E-state index is -0.174. The van der Waals surface area contributed by atoms with Crippen molar-refractivity contribution in [2.75, 3.05) is 33.3 Å². The Morgan fingerprint density at radius 1 is 1.08 bits per heavy atom. The molecule has 1 heterocycles. The maximum Gasteiger partial charge on any atom is 0.317 e. The predicted molar refractivity (Wildman–Crippen MR) is 98.5 cm³/mol. The van der Waals surface area contributed by atoms with Crippen LogP contribution in [0.4, 0.5) is 9.18 Å². The lowest BCUT2D eigenvalue weighted by atomic mass is 10.2. The van der Waals surface area contributed by atoms with Gasteiger partial charge in [-0.05, 0) is 23.8 Å². The maximum absolute atomic E-state index is 13.7. The molecule has 0 bridgehead atoms. The van der Waals surface area contributed by atoms with Gasteiger partial charge in [-0.2, -0.15) is 0 Å². The number of urea groups is 1. The Labute approximate surface area is 153 Å². The van der Waals surface area contributed by atoms with Gasteiger partial charge in [-0.25, -0.2) is 9.18 Å². The Kier molecular flexibility index (Phi) is 6.07. The van der Waals surface area contributed by atoms with Crippen LogP contribution in [0, 0.1) is 5.82 Å². The summed E-state index contributed by atoms with van der Waals surface area (Å²) in [4.78, 5) is 16.3. The monoisotopic (exact) mass is 357 g/mol. The number of piperazine rings is 1. The number of nitrogens with one attached hydrogen (secondary N) is 1. The van der Waals surface area contributed by atoms with Crippen LogP contribution in [0.3, 0.4) is 0 Å². The van der Waals surface area contributed by atoms with E-state index in [-0.39, 0.29) is 11.8 Å². The minimum Gasteiger partial charge on any atom is -0.497 e. The Morgan fingerprint density at radius 2 is 1.77 bits per heavy atom. The van der Waals surface area contributed by atoms with Crippen LogP contribution in [0.15, 0.2) is 48.5 Å². The summed E-state index contributed by atoms with van der Waals surface area (Å²) in [6.45, 7) is 3.83. The summed E-state index contributed by atoms with van der Waals surface area (Å²) in [6.07, 6.45) is 0. The van der Waals surface area contributed by atoms with Gasteiger partial charge in [-0.15, -0.1) is 0 Å². The Bertz CT molecular complexity index is 728. The Morgan fingerprint density at radius 3 is 2.42 bits per heavy atom. The van der Waals surface area contributed by atoms with Gasteiger partial charge < -0.3 is 15.0 Å². The number of hydrogen-bond donors (Lipinski definition) is 1. The largest absolute Gasteiger partial charge is 0.497 e. The second-order valence-electron chi connectivity index (χ2n) is 6.36. The fourth-order valence-corrected chi connectivity index (χ4v) is 3.01. The van der Waals surface area contributed by atoms with E-state index >= 15 is 0 Å². The van der Waals surface area contributed by atoms with Crippen molar-refractivity contribution in [2.24, 2.45) is 0 Å². The number of benzene rings is 2. The van der Waals surface area contributed by atoms with Gasteiger partial charge in [0.15, 0.2) is 0 Å². The van der Waals surface area contributed by atoms with Crippen molar-refractivity contribution in [3.63, 3.8) is 0 Å². The Hall–Kier alpha value is -2.60. The third-order valence-corrected chi connectivity index (χ3v) is 4.61. The Balaban J connectivity index is 1.43. The van der Waals surface area contributed by atoms with Crippen LogP contribution < -0.4 is 10.1 Å². The van der Waals surface area contributed by atoms with Gasteiger partial charge in [0.25, 0.3) is 0 Å². The van der Waals surface area contributed by atoms with Crippen molar-refractivity contribution in [3.05, 3.63) is 65.5 Å². The predicted octanol–water partition coefficient (Wildman–Crippen LogP) is 2.86. The first-order valence-corrected chi connectivity index (χ1v) is 8.77. The van der Waals surface area contributed by atoms with Crippen LogP contribution >= 0.6 is 0 Å². The van der Waals surface area contributed by atoms with Gasteiger partial charge in [0.05, 0.1) is 7.11 Å². The lowest BCUT2D eigenvalue weighted by Gasteiger charge is -2.34. The molecule has 1 fully saturated rings. The lowest BCUT2D eigenvalue weighted by molar-refractivity contribution is 0.134. The average Bonchev–Trinajstić information content (AvgIpc) is 2.69. The number of ether oxygens (including phenoxy) is 1. The van der Waals surface area contributed by atoms with E-state index in [0.29, 0.717) is 31.7 Å². The van der Waals surface area contributed by atoms with E-state index in [2.05, 4.69) is 10.2 Å². The molecule has 0 saturated carbocycles. The van der Waals surface area contributed by atoms with Gasteiger partial charge in [0.1, 0.15) is 11.6 Å². The topological polar surface area (TPSA) is 44.8 Å². The molecule has 1 N–H and O–H groups in total. The molecule has 3 rings (SSSR count). The summed E-state index contributed by atoms with van der Waals surface area (Å²) in [5.41, 5.74) is 1.72. The van der Waals surface area contributed by atoms with E-state index in [4.69, 9.17) is 4.74 Å². The van der Waals surface area contributed by atoms with E-state index in [9.17, 15) is 9.18 Å². The summed E-state index contributed by atoms with van der Waals surface area (Å²) in [7, 11) is 1.63. The fourth-order valence-electron chi connectivity index (χ4n) is 3.01. The lowest BCUT2D eigenvalue weighted by Crippen LogP contribution is -2.51. The first-order valence-electron chi connectivity index (χ1n) is 8.77. The molecular formula is C20H24FN3O2. The van der Waals surface area contributed by atoms with Crippen LogP contribution in [0.5, 0.6) is 5.75 Å². The molecule has 1 aliphatic rings. The molecule has 0 aromatic heterocycles. The molecule has 0 spiro atoms. The van der Waals surface area contributed by atoms with Gasteiger partial charge in [-0.3, -0.25) is 4.90 Å². The third kappa shape index (κ3) is 4.73. The van der Waals surface area contributed by atoms with Crippen molar-refractivity contribution < 1.29 is 13.9 Å². The highest BCUT2D eigenvalue weighted by Crippen LogP contribution is 2.13. The standard InChI is InChI=1S/C20H24FN3O2/c1-26-18-8-6-16(7-9-18)14-22-20(25)24-12-10-23(11-13-24)15-17-4-2-3-5-19(17)21/h2-9H,10-15H2,1H3,(H,22,25). The number of rotatable bonds is 5. The number of carbonyl (C=O) groups is 1. The number of nitrogens with zero attached hydrogens (tertiary/aromatic N) is 2. The number of methoxy groups -OCH3 is 1. The van der Waals surface area contributed by atoms with Gasteiger partial charge in [0, 0.05) is 44.8 Å². The SMILES string of the molecule is COc1ccc(CNC(=O)N2CCN(Cc3ccccc3F)CC2)cc1. The van der Waals surface area contributed by atoms with E-state index in [1.54, 1.807) is 18.1 Å². The molecule has 6 heteroatoms. The first-order chi connectivity index (χ1) is 12.7. The molecule has 0 radical (unpaired) electrons. The summed E-state index contributed by atoms with van der Waals surface area (Å²) in [5.74, 6) is 0.623. The number of amides is 2. The molecule has 0 unspecified atom stereocenters. The second kappa shape index (κ2) is 8.67. The molecule has 2 aromatic carbocycles. The van der Waals surface area contributed by atoms with Gasteiger partial charge >= 0.3 is 6.03 Å². The first kappa shape index (κ1) is 18.2. The quantitative estimate of drug-likeness (QED) is 0.895. The van der Waals surface area contributed by atoms with Crippen molar-refractivity contribution in [2.45, 2.75) is 13.1 Å². The number of carbonyl (C=O) groups excluding carboxylic acids is 1. The van der Waals surface area contributed by atoms with Crippen LogP contribution in [0.2, 0.25) is 0 Å². The zero-order valence-corrected chi connectivity index (χ0v) is 15.0. The smallest absolute Gasteiger partial charge is 0.317 e. The van der Waals surface area contributed by atoms with E-state index < -0.39 is 0 Å². The summed E-state index contributed by atoms with van der Waals surface area (Å²) in [6, 6.07) is 14.4. The molecular weight excluding hydrogens is 333 g/mol. The number of hydrogen-bond acceptors (Lipinski definition) is 3. The molecule has 1 saturated heterocycles. The molecule has 2 amide bonds. The average molecular weight is 357 g/mol. The van der Waals surface area contributed by atoms with Crippen molar-refractivity contribution >= 4 is 6.03 Å². The highest BCUT2D eigenvalue weighted by atomic mass is 19.1. The van der Waals surface area contributed by atoms with Gasteiger partial charge in [-0.1, -0.05) is 30.3 Å². The highest BCUT2D eigenvalue weighted by Gasteiger charge is 2.21. The number of halogens is 1. The van der Waals surface area contributed by atoms with Crippen LogP contribution in [-0.4, -0.2) is 49.1 Å². The molecule has 0 atom stereocenters. The van der Waals surface area contributed by atoms with Crippen molar-refractivity contribution in [1.82, 2.24) is 15.1 Å². The molecule has 1 aliphatic heterocycles. The maximum atomic E-state index is 13.7. The zero-order valence-electron chi connectivity index (χ0n) is 15.0. The van der Waals surface area contributed by atoms with Crippen molar-refractivity contribution in [3.8, 4) is 5.75 Å². The summed E-state index contributed by atoms with van der Waals surface area (Å²) in [5, 5.41) is 2.95. The summed E-state index contributed by atoms with van der Waals surface area (Å²) >= 11 is 0.